The fourth-order valence-electron chi connectivity index (χ4n) is 1.77. The van der Waals surface area contributed by atoms with Crippen molar-refractivity contribution in [1.82, 2.24) is 9.97 Å². The van der Waals surface area contributed by atoms with E-state index in [2.05, 4.69) is 20.5 Å². The summed E-state index contributed by atoms with van der Waals surface area (Å²) in [5.74, 6) is -0.108. The minimum atomic E-state index is -0.435. The van der Waals surface area contributed by atoms with Gasteiger partial charge in [0.2, 0.25) is 5.95 Å². The predicted octanol–water partition coefficient (Wildman–Crippen LogP) is 2.77. The molecule has 20 heavy (non-hydrogen) atoms. The molecule has 5 nitrogen and oxygen atoms in total. The van der Waals surface area contributed by atoms with Crippen molar-refractivity contribution in [2.45, 2.75) is 20.8 Å². The van der Waals surface area contributed by atoms with E-state index in [4.69, 9.17) is 0 Å². The van der Waals surface area contributed by atoms with E-state index in [0.717, 1.165) is 11.4 Å². The van der Waals surface area contributed by atoms with Gasteiger partial charge in [0.1, 0.15) is 11.6 Å². The molecule has 104 valence electrons. The highest BCUT2D eigenvalue weighted by atomic mass is 19.1. The van der Waals surface area contributed by atoms with Gasteiger partial charge in [-0.05, 0) is 45.0 Å². The van der Waals surface area contributed by atoms with Gasteiger partial charge in [-0.1, -0.05) is 0 Å². The number of phenols is 1. The summed E-state index contributed by atoms with van der Waals surface area (Å²) in [5.41, 5.74) is 5.10. The number of halogens is 1. The lowest BCUT2D eigenvalue weighted by atomic mass is 10.1. The maximum Gasteiger partial charge on any atom is 0.243 e. The first-order chi connectivity index (χ1) is 9.45. The summed E-state index contributed by atoms with van der Waals surface area (Å²) in [6.07, 6.45) is 0. The fourth-order valence-corrected chi connectivity index (χ4v) is 1.77. The molecule has 0 amide bonds. The summed E-state index contributed by atoms with van der Waals surface area (Å²) >= 11 is 0. The second-order valence-corrected chi connectivity index (χ2v) is 4.44. The van der Waals surface area contributed by atoms with Crippen molar-refractivity contribution < 1.29 is 9.50 Å². The zero-order valence-electron chi connectivity index (χ0n) is 11.5. The number of anilines is 1. The standard InChI is InChI=1S/C14H15FN4O/c1-8-6-9(2)17-14(16-8)19-18-10(3)12-7-11(15)4-5-13(12)20/h4-7,20H,1-3H3,(H,16,17,19)/b18-10+. The number of aryl methyl sites for hydroxylation is 2. The van der Waals surface area contributed by atoms with Crippen molar-refractivity contribution in [3.63, 3.8) is 0 Å². The number of hydrazone groups is 1. The molecule has 0 aliphatic carbocycles. The van der Waals surface area contributed by atoms with Crippen LogP contribution in [-0.2, 0) is 0 Å². The highest BCUT2D eigenvalue weighted by molar-refractivity contribution is 6.01. The van der Waals surface area contributed by atoms with Crippen LogP contribution in [0.2, 0.25) is 0 Å². The number of nitrogens with one attached hydrogen (secondary N) is 1. The van der Waals surface area contributed by atoms with E-state index < -0.39 is 5.82 Å². The first kappa shape index (κ1) is 13.9. The minimum Gasteiger partial charge on any atom is -0.507 e. The molecule has 2 rings (SSSR count). The lowest BCUT2D eigenvalue weighted by Crippen LogP contribution is -2.04. The van der Waals surface area contributed by atoms with Gasteiger partial charge in [-0.3, -0.25) is 0 Å². The van der Waals surface area contributed by atoms with E-state index in [0.29, 0.717) is 17.2 Å². The molecule has 0 aliphatic heterocycles. The van der Waals surface area contributed by atoms with Crippen LogP contribution >= 0.6 is 0 Å². The van der Waals surface area contributed by atoms with E-state index in [1.807, 2.05) is 19.9 Å². The maximum absolute atomic E-state index is 13.2. The molecule has 0 saturated carbocycles. The van der Waals surface area contributed by atoms with Crippen molar-refractivity contribution in [3.05, 3.63) is 47.0 Å². The highest BCUT2D eigenvalue weighted by Gasteiger charge is 2.06. The quantitative estimate of drug-likeness (QED) is 0.667. The molecule has 1 heterocycles. The van der Waals surface area contributed by atoms with Crippen molar-refractivity contribution in [2.24, 2.45) is 5.10 Å². The number of benzene rings is 1. The topological polar surface area (TPSA) is 70.4 Å². The van der Waals surface area contributed by atoms with Gasteiger partial charge in [0.25, 0.3) is 0 Å². The van der Waals surface area contributed by atoms with Crippen LogP contribution in [-0.4, -0.2) is 20.8 Å². The van der Waals surface area contributed by atoms with Crippen LogP contribution in [0.15, 0.2) is 29.4 Å². The molecular formula is C14H15FN4O. The monoisotopic (exact) mass is 274 g/mol. The van der Waals surface area contributed by atoms with E-state index in [1.165, 1.54) is 18.2 Å². The van der Waals surface area contributed by atoms with E-state index in [9.17, 15) is 9.50 Å². The van der Waals surface area contributed by atoms with Gasteiger partial charge in [-0.25, -0.2) is 19.8 Å². The van der Waals surface area contributed by atoms with Crippen LogP contribution in [0.3, 0.4) is 0 Å². The molecule has 0 aliphatic rings. The number of hydrogen-bond acceptors (Lipinski definition) is 5. The van der Waals surface area contributed by atoms with Crippen molar-refractivity contribution in [3.8, 4) is 5.75 Å². The Labute approximate surface area is 116 Å². The Morgan fingerprint density at radius 1 is 1.20 bits per heavy atom. The Hall–Kier alpha value is -2.50. The zero-order chi connectivity index (χ0) is 14.7. The summed E-state index contributed by atoms with van der Waals surface area (Å²) < 4.78 is 13.2. The van der Waals surface area contributed by atoms with Crippen molar-refractivity contribution in [2.75, 3.05) is 5.43 Å². The Morgan fingerprint density at radius 2 is 1.85 bits per heavy atom. The smallest absolute Gasteiger partial charge is 0.243 e. The van der Waals surface area contributed by atoms with Crippen LogP contribution in [0, 0.1) is 19.7 Å². The number of rotatable bonds is 3. The summed E-state index contributed by atoms with van der Waals surface area (Å²) in [5, 5.41) is 13.7. The average Bonchev–Trinajstić information content (AvgIpc) is 2.38. The SMILES string of the molecule is C/C(=N\Nc1nc(C)cc(C)n1)c1cc(F)ccc1O. The number of phenolic OH excluding ortho intramolecular Hbond substituents is 1. The van der Waals surface area contributed by atoms with Crippen LogP contribution in [0.5, 0.6) is 5.75 Å². The number of hydrogen-bond donors (Lipinski definition) is 2. The molecule has 1 aromatic heterocycles. The van der Waals surface area contributed by atoms with Gasteiger partial charge in [-0.15, -0.1) is 0 Å². The van der Waals surface area contributed by atoms with E-state index in [-0.39, 0.29) is 5.75 Å². The second kappa shape index (κ2) is 5.64. The van der Waals surface area contributed by atoms with Crippen LogP contribution < -0.4 is 5.43 Å². The third-order valence-corrected chi connectivity index (χ3v) is 2.65. The second-order valence-electron chi connectivity index (χ2n) is 4.44. The van der Waals surface area contributed by atoms with Gasteiger partial charge in [0.15, 0.2) is 0 Å². The fraction of sp³-hybridized carbons (Fsp3) is 0.214. The van der Waals surface area contributed by atoms with Crippen LogP contribution in [0.25, 0.3) is 0 Å². The molecule has 2 N–H and O–H groups in total. The lowest BCUT2D eigenvalue weighted by Gasteiger charge is -2.06. The molecule has 1 aromatic carbocycles. The summed E-state index contributed by atoms with van der Waals surface area (Å²) in [7, 11) is 0. The average molecular weight is 274 g/mol. The van der Waals surface area contributed by atoms with Crippen molar-refractivity contribution >= 4 is 11.7 Å². The third kappa shape index (κ3) is 3.28. The van der Waals surface area contributed by atoms with Gasteiger partial charge < -0.3 is 5.11 Å². The van der Waals surface area contributed by atoms with Gasteiger partial charge in [-0.2, -0.15) is 5.10 Å². The summed E-state index contributed by atoms with van der Waals surface area (Å²) in [6, 6.07) is 5.54. The van der Waals surface area contributed by atoms with Crippen LogP contribution in [0.1, 0.15) is 23.9 Å². The minimum absolute atomic E-state index is 0.0317. The number of nitrogens with zero attached hydrogens (tertiary/aromatic N) is 3. The Balaban J connectivity index is 2.24. The molecule has 0 bridgehead atoms. The van der Waals surface area contributed by atoms with Gasteiger partial charge >= 0.3 is 0 Å². The van der Waals surface area contributed by atoms with E-state index >= 15 is 0 Å². The lowest BCUT2D eigenvalue weighted by molar-refractivity contribution is 0.472. The first-order valence-electron chi connectivity index (χ1n) is 6.07. The van der Waals surface area contributed by atoms with E-state index in [1.54, 1.807) is 6.92 Å². The van der Waals surface area contributed by atoms with Crippen LogP contribution in [0.4, 0.5) is 10.3 Å². The molecule has 0 fully saturated rings. The zero-order valence-corrected chi connectivity index (χ0v) is 11.5. The maximum atomic E-state index is 13.2. The normalized spacial score (nSPS) is 11.5. The Bertz CT molecular complexity index is 650. The molecule has 0 unspecified atom stereocenters. The molecular weight excluding hydrogens is 259 g/mol. The predicted molar refractivity (Wildman–Crippen MR) is 75.4 cm³/mol. The molecule has 0 radical (unpaired) electrons. The first-order valence-corrected chi connectivity index (χ1v) is 6.07. The number of aromatic hydroxyl groups is 1. The largest absolute Gasteiger partial charge is 0.507 e. The summed E-state index contributed by atoms with van der Waals surface area (Å²) in [4.78, 5) is 8.35. The number of aromatic nitrogens is 2. The molecule has 0 saturated heterocycles. The molecule has 2 aromatic rings. The highest BCUT2D eigenvalue weighted by Crippen LogP contribution is 2.18. The Morgan fingerprint density at radius 3 is 2.50 bits per heavy atom. The summed E-state index contributed by atoms with van der Waals surface area (Å²) in [6.45, 7) is 5.37. The third-order valence-electron chi connectivity index (χ3n) is 2.65. The van der Waals surface area contributed by atoms with Gasteiger partial charge in [0, 0.05) is 17.0 Å². The molecule has 0 atom stereocenters. The molecule has 0 spiro atoms. The Kier molecular flexibility index (Phi) is 3.93. The van der Waals surface area contributed by atoms with Crippen molar-refractivity contribution in [1.29, 1.82) is 0 Å². The molecule has 6 heteroatoms. The van der Waals surface area contributed by atoms with Gasteiger partial charge in [0.05, 0.1) is 5.71 Å².